The molecule has 0 bridgehead atoms. The van der Waals surface area contributed by atoms with Crippen LogP contribution in [0.15, 0.2) is 6.33 Å². The number of H-pyrrole nitrogens is 1. The number of nitrogens with zero attached hydrogens (tertiary/aromatic N) is 2. The molecule has 0 spiro atoms. The Morgan fingerprint density at radius 3 is 1.76 bits per heavy atom. The van der Waals surface area contributed by atoms with E-state index in [1.165, 1.54) is 89.8 Å². The number of amides is 1. The summed E-state index contributed by atoms with van der Waals surface area (Å²) in [6.45, 7) is 2.28. The Bertz CT molecular complexity index is 406. The van der Waals surface area contributed by atoms with Gasteiger partial charge in [0.2, 0.25) is 11.9 Å². The molecule has 5 nitrogen and oxygen atoms in total. The van der Waals surface area contributed by atoms with E-state index in [1.54, 1.807) is 0 Å². The third-order valence-corrected chi connectivity index (χ3v) is 4.68. The lowest BCUT2D eigenvalue weighted by molar-refractivity contribution is -0.116. The Morgan fingerprint density at radius 2 is 1.32 bits per heavy atom. The molecule has 25 heavy (non-hydrogen) atoms. The van der Waals surface area contributed by atoms with Crippen LogP contribution in [0, 0.1) is 0 Å². The molecule has 1 amide bonds. The fraction of sp³-hybridized carbons (Fsp3) is 0.850. The van der Waals surface area contributed by atoms with Crippen molar-refractivity contribution < 1.29 is 4.79 Å². The predicted octanol–water partition coefficient (Wildman–Crippen LogP) is 6.00. The van der Waals surface area contributed by atoms with Crippen molar-refractivity contribution in [1.29, 1.82) is 0 Å². The molecule has 1 aromatic heterocycles. The van der Waals surface area contributed by atoms with Gasteiger partial charge in [-0.3, -0.25) is 10.1 Å². The van der Waals surface area contributed by atoms with Gasteiger partial charge in [-0.25, -0.2) is 5.10 Å². The van der Waals surface area contributed by atoms with Crippen LogP contribution in [0.4, 0.5) is 5.95 Å². The Hall–Kier alpha value is -1.39. The second-order valence-corrected chi connectivity index (χ2v) is 7.08. The van der Waals surface area contributed by atoms with Crippen molar-refractivity contribution >= 4 is 11.9 Å². The van der Waals surface area contributed by atoms with Crippen molar-refractivity contribution in [3.05, 3.63) is 6.33 Å². The quantitative estimate of drug-likeness (QED) is 0.338. The van der Waals surface area contributed by atoms with Gasteiger partial charge in [0.1, 0.15) is 6.33 Å². The molecule has 0 aliphatic rings. The molecule has 0 aromatic carbocycles. The lowest BCUT2D eigenvalue weighted by Crippen LogP contribution is -2.12. The molecule has 5 heteroatoms. The van der Waals surface area contributed by atoms with Gasteiger partial charge in [0, 0.05) is 6.42 Å². The molecule has 1 heterocycles. The van der Waals surface area contributed by atoms with E-state index in [1.807, 2.05) is 0 Å². The molecule has 0 aliphatic heterocycles. The van der Waals surface area contributed by atoms with E-state index < -0.39 is 0 Å². The molecule has 1 rings (SSSR count). The number of carbonyl (C=O) groups excluding carboxylic acids is 1. The number of anilines is 1. The number of unbranched alkanes of at least 4 members (excludes halogenated alkanes) is 14. The van der Waals surface area contributed by atoms with E-state index in [2.05, 4.69) is 27.4 Å². The minimum Gasteiger partial charge on any atom is -0.295 e. The third kappa shape index (κ3) is 13.6. The average Bonchev–Trinajstić information content (AvgIpc) is 3.11. The van der Waals surface area contributed by atoms with E-state index in [-0.39, 0.29) is 5.91 Å². The number of hydrogen-bond donors (Lipinski definition) is 2. The molecule has 0 saturated carbocycles. The Kier molecular flexibility index (Phi) is 13.9. The first-order valence-electron chi connectivity index (χ1n) is 10.5. The van der Waals surface area contributed by atoms with Crippen LogP contribution in [0.1, 0.15) is 110 Å². The fourth-order valence-electron chi connectivity index (χ4n) is 3.12. The third-order valence-electron chi connectivity index (χ3n) is 4.68. The van der Waals surface area contributed by atoms with Gasteiger partial charge in [-0.2, -0.15) is 10.1 Å². The van der Waals surface area contributed by atoms with Gasteiger partial charge in [0.15, 0.2) is 0 Å². The monoisotopic (exact) mass is 350 g/mol. The van der Waals surface area contributed by atoms with E-state index in [0.717, 1.165) is 12.8 Å². The van der Waals surface area contributed by atoms with Crippen LogP contribution in [0.3, 0.4) is 0 Å². The largest absolute Gasteiger partial charge is 0.295 e. The van der Waals surface area contributed by atoms with Crippen molar-refractivity contribution in [1.82, 2.24) is 15.2 Å². The fourth-order valence-corrected chi connectivity index (χ4v) is 3.12. The number of rotatable bonds is 17. The van der Waals surface area contributed by atoms with Gasteiger partial charge in [0.05, 0.1) is 0 Å². The molecule has 0 radical (unpaired) electrons. The molecule has 0 atom stereocenters. The lowest BCUT2D eigenvalue weighted by Gasteiger charge is -2.04. The zero-order valence-corrected chi connectivity index (χ0v) is 16.2. The van der Waals surface area contributed by atoms with Crippen LogP contribution in [0.2, 0.25) is 0 Å². The van der Waals surface area contributed by atoms with E-state index in [0.29, 0.717) is 12.4 Å². The molecule has 0 fully saturated rings. The van der Waals surface area contributed by atoms with Crippen LogP contribution in [0.5, 0.6) is 0 Å². The van der Waals surface area contributed by atoms with Crippen molar-refractivity contribution in [3.63, 3.8) is 0 Å². The predicted molar refractivity (Wildman–Crippen MR) is 105 cm³/mol. The van der Waals surface area contributed by atoms with Gasteiger partial charge in [0.25, 0.3) is 0 Å². The maximum absolute atomic E-state index is 11.6. The number of aromatic nitrogens is 3. The highest BCUT2D eigenvalue weighted by Gasteiger charge is 2.03. The highest BCUT2D eigenvalue weighted by molar-refractivity contribution is 5.88. The van der Waals surface area contributed by atoms with Gasteiger partial charge in [-0.05, 0) is 6.42 Å². The summed E-state index contributed by atoms with van der Waals surface area (Å²) >= 11 is 0. The van der Waals surface area contributed by atoms with Gasteiger partial charge in [-0.15, -0.1) is 0 Å². The summed E-state index contributed by atoms with van der Waals surface area (Å²) in [7, 11) is 0. The van der Waals surface area contributed by atoms with Gasteiger partial charge < -0.3 is 0 Å². The smallest absolute Gasteiger partial charge is 0.226 e. The second-order valence-electron chi connectivity index (χ2n) is 7.08. The maximum Gasteiger partial charge on any atom is 0.226 e. The zero-order chi connectivity index (χ0) is 18.0. The summed E-state index contributed by atoms with van der Waals surface area (Å²) in [6.07, 6.45) is 22.0. The number of aromatic amines is 1. The Labute approximate surface area is 153 Å². The standard InChI is InChI=1S/C20H38N4O/c1-2-3-4-5-6-7-8-9-10-11-12-13-14-15-16-17-19(25)23-20-21-18-22-24-20/h18H,2-17H2,1H3,(H2,21,22,23,24,25). The molecule has 2 N–H and O–H groups in total. The molecule has 144 valence electrons. The number of nitrogens with one attached hydrogen (secondary N) is 2. The lowest BCUT2D eigenvalue weighted by atomic mass is 10.0. The first-order chi connectivity index (χ1) is 12.3. The summed E-state index contributed by atoms with van der Waals surface area (Å²) in [5.74, 6) is 0.456. The molecule has 0 aliphatic carbocycles. The van der Waals surface area contributed by atoms with E-state index in [4.69, 9.17) is 0 Å². The van der Waals surface area contributed by atoms with Gasteiger partial charge in [-0.1, -0.05) is 96.8 Å². The summed E-state index contributed by atoms with van der Waals surface area (Å²) in [5, 5.41) is 9.03. The second kappa shape index (κ2) is 16.1. The minimum atomic E-state index is 0.0199. The minimum absolute atomic E-state index is 0.0199. The molecule has 0 unspecified atom stereocenters. The summed E-state index contributed by atoms with van der Waals surface area (Å²) in [5.41, 5.74) is 0. The van der Waals surface area contributed by atoms with Crippen molar-refractivity contribution in [3.8, 4) is 0 Å². The normalized spacial score (nSPS) is 10.9. The molecular weight excluding hydrogens is 312 g/mol. The SMILES string of the molecule is CCCCCCCCCCCCCCCCCC(=O)Nc1ncn[nH]1. The highest BCUT2D eigenvalue weighted by Crippen LogP contribution is 2.13. The van der Waals surface area contributed by atoms with Crippen molar-refractivity contribution in [2.45, 2.75) is 110 Å². The first kappa shape index (κ1) is 21.7. The Morgan fingerprint density at radius 1 is 0.840 bits per heavy atom. The van der Waals surface area contributed by atoms with Crippen LogP contribution in [0.25, 0.3) is 0 Å². The maximum atomic E-state index is 11.6. The van der Waals surface area contributed by atoms with E-state index >= 15 is 0 Å². The van der Waals surface area contributed by atoms with Crippen molar-refractivity contribution in [2.75, 3.05) is 5.32 Å². The number of hydrogen-bond acceptors (Lipinski definition) is 3. The van der Waals surface area contributed by atoms with Crippen molar-refractivity contribution in [2.24, 2.45) is 0 Å². The van der Waals surface area contributed by atoms with Crippen LogP contribution >= 0.6 is 0 Å². The average molecular weight is 351 g/mol. The molecule has 0 saturated heterocycles. The highest BCUT2D eigenvalue weighted by atomic mass is 16.1. The summed E-state index contributed by atoms with van der Waals surface area (Å²) in [4.78, 5) is 15.5. The molecule has 1 aromatic rings. The molecular formula is C20H38N4O. The van der Waals surface area contributed by atoms with Gasteiger partial charge >= 0.3 is 0 Å². The van der Waals surface area contributed by atoms with Crippen LogP contribution < -0.4 is 5.32 Å². The van der Waals surface area contributed by atoms with E-state index in [9.17, 15) is 4.79 Å². The zero-order valence-electron chi connectivity index (χ0n) is 16.2. The number of carbonyl (C=O) groups is 1. The summed E-state index contributed by atoms with van der Waals surface area (Å²) in [6, 6.07) is 0. The van der Waals surface area contributed by atoms with Crippen LogP contribution in [-0.2, 0) is 4.79 Å². The van der Waals surface area contributed by atoms with Crippen LogP contribution in [-0.4, -0.2) is 21.1 Å². The summed E-state index contributed by atoms with van der Waals surface area (Å²) < 4.78 is 0. The first-order valence-corrected chi connectivity index (χ1v) is 10.5. The Balaban J connectivity index is 1.74. The topological polar surface area (TPSA) is 70.7 Å².